The van der Waals surface area contributed by atoms with Gasteiger partial charge in [0.25, 0.3) is 0 Å². The molecule has 2 aromatic rings. The van der Waals surface area contributed by atoms with Crippen molar-refractivity contribution in [2.75, 3.05) is 13.2 Å². The van der Waals surface area contributed by atoms with E-state index in [0.29, 0.717) is 11.1 Å². The Labute approximate surface area is 167 Å². The number of Topliss-reactive ketones (excluding diaryl/α,β-unsaturated/α-hetero) is 1. The van der Waals surface area contributed by atoms with Crippen LogP contribution in [0.25, 0.3) is 0 Å². The Morgan fingerprint density at radius 2 is 1.64 bits per heavy atom. The third-order valence-electron chi connectivity index (χ3n) is 4.38. The predicted octanol–water partition coefficient (Wildman–Crippen LogP) is 3.07. The Morgan fingerprint density at radius 3 is 2.18 bits per heavy atom. The van der Waals surface area contributed by atoms with Gasteiger partial charge in [0, 0.05) is 16.0 Å². The van der Waals surface area contributed by atoms with Crippen LogP contribution in [0.4, 0.5) is 0 Å². The van der Waals surface area contributed by atoms with Crippen molar-refractivity contribution in [3.8, 4) is 0 Å². The second kappa shape index (κ2) is 8.50. The zero-order chi connectivity index (χ0) is 20.1. The van der Waals surface area contributed by atoms with Crippen LogP contribution in [0.5, 0.6) is 0 Å². The maximum atomic E-state index is 13.2. The minimum atomic E-state index is -1.86. The number of ketones is 1. The number of thiophene rings is 1. The zero-order valence-corrected chi connectivity index (χ0v) is 16.5. The number of esters is 2. The quantitative estimate of drug-likeness (QED) is 0.438. The van der Waals surface area contributed by atoms with Crippen molar-refractivity contribution in [2.24, 2.45) is 0 Å². The Balaban J connectivity index is 2.11. The molecular formula is C21H21NO5S. The van der Waals surface area contributed by atoms with Crippen LogP contribution in [-0.2, 0) is 19.1 Å². The van der Waals surface area contributed by atoms with Crippen LogP contribution in [0.1, 0.15) is 35.1 Å². The molecule has 0 fully saturated rings. The molecule has 2 heterocycles. The molecule has 1 aromatic heterocycles. The van der Waals surface area contributed by atoms with Crippen molar-refractivity contribution in [3.05, 3.63) is 69.9 Å². The topological polar surface area (TPSA) is 81.7 Å². The van der Waals surface area contributed by atoms with Gasteiger partial charge >= 0.3 is 11.9 Å². The largest absolute Gasteiger partial charge is 0.464 e. The van der Waals surface area contributed by atoms with E-state index in [1.165, 1.54) is 17.4 Å². The molecule has 146 valence electrons. The molecule has 0 radical (unpaired) electrons. The summed E-state index contributed by atoms with van der Waals surface area (Å²) < 4.78 is 10.3. The molecule has 7 heteroatoms. The van der Waals surface area contributed by atoms with E-state index in [1.807, 2.05) is 23.6 Å². The number of ether oxygens (including phenoxy) is 2. The normalized spacial score (nSPS) is 17.6. The molecule has 0 saturated heterocycles. The number of carbonyl (C=O) groups is 3. The number of nitrogens with one attached hydrogen (secondary N) is 1. The maximum Gasteiger partial charge on any atom is 0.342 e. The maximum absolute atomic E-state index is 13.2. The first-order chi connectivity index (χ1) is 13.5. The molecule has 0 spiro atoms. The van der Waals surface area contributed by atoms with Gasteiger partial charge in [-0.2, -0.15) is 0 Å². The standard InChI is InChI=1S/C21H21NO5S/c1-3-26-19(24)21(20(25)27-4-2)13-15(17(22-21)16-11-8-12-28-16)18(23)14-9-6-5-7-10-14/h5-13,17,22H,3-4H2,1-2H3/t17-/m1/s1. The summed E-state index contributed by atoms with van der Waals surface area (Å²) in [5, 5.41) is 4.90. The lowest BCUT2D eigenvalue weighted by molar-refractivity contribution is -0.162. The molecule has 0 saturated carbocycles. The summed E-state index contributed by atoms with van der Waals surface area (Å²) in [7, 11) is 0. The molecule has 0 amide bonds. The van der Waals surface area contributed by atoms with Crippen LogP contribution in [0.3, 0.4) is 0 Å². The van der Waals surface area contributed by atoms with Gasteiger partial charge in [-0.05, 0) is 31.4 Å². The molecule has 6 nitrogen and oxygen atoms in total. The second-order valence-electron chi connectivity index (χ2n) is 6.14. The molecule has 0 unspecified atom stereocenters. The van der Waals surface area contributed by atoms with Crippen molar-refractivity contribution >= 4 is 29.1 Å². The number of benzene rings is 1. The summed E-state index contributed by atoms with van der Waals surface area (Å²) in [6.45, 7) is 3.51. The van der Waals surface area contributed by atoms with Crippen molar-refractivity contribution in [2.45, 2.75) is 25.4 Å². The van der Waals surface area contributed by atoms with Gasteiger partial charge in [0.2, 0.25) is 5.54 Å². The Morgan fingerprint density at radius 1 is 1.00 bits per heavy atom. The molecule has 0 bridgehead atoms. The lowest BCUT2D eigenvalue weighted by Crippen LogP contribution is -2.56. The van der Waals surface area contributed by atoms with Crippen LogP contribution in [0.2, 0.25) is 0 Å². The summed E-state index contributed by atoms with van der Waals surface area (Å²) in [6, 6.07) is 11.8. The summed E-state index contributed by atoms with van der Waals surface area (Å²) in [6.07, 6.45) is 1.36. The fourth-order valence-electron chi connectivity index (χ4n) is 3.11. The third kappa shape index (κ3) is 3.63. The fraction of sp³-hybridized carbons (Fsp3) is 0.286. The summed E-state index contributed by atoms with van der Waals surface area (Å²) in [5.74, 6) is -1.83. The SMILES string of the molecule is CCOC(=O)C1(C(=O)OCC)C=C(C(=O)c2ccccc2)[C@H](c2cccs2)N1. The van der Waals surface area contributed by atoms with Gasteiger partial charge in [0.1, 0.15) is 0 Å². The monoisotopic (exact) mass is 399 g/mol. The van der Waals surface area contributed by atoms with E-state index in [-0.39, 0.29) is 19.0 Å². The molecule has 3 rings (SSSR count). The van der Waals surface area contributed by atoms with E-state index < -0.39 is 23.5 Å². The average molecular weight is 399 g/mol. The third-order valence-corrected chi connectivity index (χ3v) is 5.31. The lowest BCUT2D eigenvalue weighted by atomic mass is 9.95. The zero-order valence-electron chi connectivity index (χ0n) is 15.6. The molecule has 28 heavy (non-hydrogen) atoms. The van der Waals surface area contributed by atoms with Crippen LogP contribution in [0.15, 0.2) is 59.5 Å². The van der Waals surface area contributed by atoms with Crippen molar-refractivity contribution in [3.63, 3.8) is 0 Å². The van der Waals surface area contributed by atoms with E-state index >= 15 is 0 Å². The van der Waals surface area contributed by atoms with Crippen LogP contribution < -0.4 is 5.32 Å². The molecular weight excluding hydrogens is 378 g/mol. The number of rotatable bonds is 7. The fourth-order valence-corrected chi connectivity index (χ4v) is 3.90. The highest BCUT2D eigenvalue weighted by Gasteiger charge is 2.54. The highest BCUT2D eigenvalue weighted by molar-refractivity contribution is 7.10. The van der Waals surface area contributed by atoms with Gasteiger partial charge in [-0.1, -0.05) is 36.4 Å². The van der Waals surface area contributed by atoms with Crippen molar-refractivity contribution in [1.29, 1.82) is 0 Å². The average Bonchev–Trinajstić information content (AvgIpc) is 3.37. The summed E-state index contributed by atoms with van der Waals surface area (Å²) in [4.78, 5) is 39.5. The van der Waals surface area contributed by atoms with E-state index in [2.05, 4.69) is 5.32 Å². The molecule has 1 aromatic carbocycles. The predicted molar refractivity (Wildman–Crippen MR) is 105 cm³/mol. The number of hydrogen-bond donors (Lipinski definition) is 1. The smallest absolute Gasteiger partial charge is 0.342 e. The van der Waals surface area contributed by atoms with Gasteiger partial charge in [0.15, 0.2) is 5.78 Å². The molecule has 1 N–H and O–H groups in total. The van der Waals surface area contributed by atoms with Crippen LogP contribution >= 0.6 is 11.3 Å². The highest BCUT2D eigenvalue weighted by atomic mass is 32.1. The molecule has 0 aliphatic carbocycles. The number of carbonyl (C=O) groups excluding carboxylic acids is 3. The Bertz CT molecular complexity index is 871. The Kier molecular flexibility index (Phi) is 6.06. The first kappa shape index (κ1) is 20.0. The minimum Gasteiger partial charge on any atom is -0.464 e. The highest BCUT2D eigenvalue weighted by Crippen LogP contribution is 2.38. The lowest BCUT2D eigenvalue weighted by Gasteiger charge is -2.25. The van der Waals surface area contributed by atoms with Gasteiger partial charge in [-0.25, -0.2) is 9.59 Å². The van der Waals surface area contributed by atoms with Crippen molar-refractivity contribution < 1.29 is 23.9 Å². The van der Waals surface area contributed by atoms with E-state index in [4.69, 9.17) is 9.47 Å². The van der Waals surface area contributed by atoms with Crippen molar-refractivity contribution in [1.82, 2.24) is 5.32 Å². The van der Waals surface area contributed by atoms with Gasteiger partial charge in [-0.15, -0.1) is 11.3 Å². The minimum absolute atomic E-state index is 0.0984. The van der Waals surface area contributed by atoms with Gasteiger partial charge in [-0.3, -0.25) is 10.1 Å². The summed E-state index contributed by atoms with van der Waals surface area (Å²) >= 11 is 1.43. The van der Waals surface area contributed by atoms with E-state index in [9.17, 15) is 14.4 Å². The van der Waals surface area contributed by atoms with Gasteiger partial charge in [0.05, 0.1) is 19.3 Å². The van der Waals surface area contributed by atoms with Gasteiger partial charge < -0.3 is 9.47 Å². The van der Waals surface area contributed by atoms with E-state index in [0.717, 1.165) is 4.88 Å². The summed E-state index contributed by atoms with van der Waals surface area (Å²) in [5.41, 5.74) is -1.07. The van der Waals surface area contributed by atoms with E-state index in [1.54, 1.807) is 38.1 Å². The first-order valence-electron chi connectivity index (χ1n) is 9.01. The second-order valence-corrected chi connectivity index (χ2v) is 7.12. The molecule has 1 aliphatic heterocycles. The molecule has 1 atom stereocenters. The number of hydrogen-bond acceptors (Lipinski definition) is 7. The van der Waals surface area contributed by atoms with Crippen LogP contribution in [-0.4, -0.2) is 36.5 Å². The molecule has 1 aliphatic rings. The first-order valence-corrected chi connectivity index (χ1v) is 9.89. The Hall–Kier alpha value is -2.77. The van der Waals surface area contributed by atoms with Crippen LogP contribution in [0, 0.1) is 0 Å².